The number of fused-ring (bicyclic) bond motifs is 3. The second kappa shape index (κ2) is 8.51. The van der Waals surface area contributed by atoms with Gasteiger partial charge in [-0.05, 0) is 68.9 Å². The highest BCUT2D eigenvalue weighted by Gasteiger charge is 2.24. The molecule has 0 aliphatic heterocycles. The fourth-order valence-electron chi connectivity index (χ4n) is 6.78. The Morgan fingerprint density at radius 3 is 1.90 bits per heavy atom. The summed E-state index contributed by atoms with van der Waals surface area (Å²) in [6.45, 7) is 0. The van der Waals surface area contributed by atoms with Gasteiger partial charge in [0.1, 0.15) is 0 Å². The van der Waals surface area contributed by atoms with Gasteiger partial charge in [-0.15, -0.1) is 0 Å². The normalized spacial score (nSPS) is 11.9. The van der Waals surface area contributed by atoms with E-state index >= 15 is 0 Å². The number of nitrogens with zero attached hydrogens (tertiary/aromatic N) is 2. The molecule has 0 amide bonds. The van der Waals surface area contributed by atoms with Gasteiger partial charge >= 0.3 is 0 Å². The van der Waals surface area contributed by atoms with Crippen LogP contribution in [0.4, 0.5) is 0 Å². The molecular formula is C39H24N2. The van der Waals surface area contributed by atoms with E-state index in [2.05, 4.69) is 138 Å². The molecule has 1 aliphatic carbocycles. The summed E-state index contributed by atoms with van der Waals surface area (Å²) < 4.78 is 2.43. The lowest BCUT2D eigenvalue weighted by atomic mass is 9.93. The standard InChI is InChI=1S/C39H24N2/c1-2-9-25(10-3-1)28-19-21-34(40-24-28)27-12-6-13-29(23-27)41-35-18-8-17-33-31-15-5-4-14-30(31)32-16-7-11-26-20-22-36(41)39(37(26)32)38(33)35/h1-24H. The van der Waals surface area contributed by atoms with Crippen LogP contribution in [0.25, 0.3) is 82.9 Å². The van der Waals surface area contributed by atoms with Crippen molar-refractivity contribution in [3.8, 4) is 50.3 Å². The third-order valence-corrected chi connectivity index (χ3v) is 8.58. The largest absolute Gasteiger partial charge is 0.309 e. The molecule has 2 heteroatoms. The average molecular weight is 521 g/mol. The van der Waals surface area contributed by atoms with E-state index in [9.17, 15) is 0 Å². The fraction of sp³-hybridized carbons (Fsp3) is 0. The molecule has 2 nitrogen and oxygen atoms in total. The number of pyridine rings is 1. The summed E-state index contributed by atoms with van der Waals surface area (Å²) in [5.41, 5.74) is 13.1. The topological polar surface area (TPSA) is 17.8 Å². The van der Waals surface area contributed by atoms with Crippen LogP contribution in [0.5, 0.6) is 0 Å². The second-order valence-corrected chi connectivity index (χ2v) is 10.8. The molecular weight excluding hydrogens is 496 g/mol. The third kappa shape index (κ3) is 3.22. The predicted octanol–water partition coefficient (Wildman–Crippen LogP) is 10.3. The van der Waals surface area contributed by atoms with Crippen molar-refractivity contribution in [1.29, 1.82) is 0 Å². The first kappa shape index (κ1) is 22.4. The molecule has 0 fully saturated rings. The molecule has 1 aliphatic rings. The highest BCUT2D eigenvalue weighted by atomic mass is 15.0. The zero-order valence-corrected chi connectivity index (χ0v) is 22.3. The van der Waals surface area contributed by atoms with Crippen molar-refractivity contribution < 1.29 is 0 Å². The van der Waals surface area contributed by atoms with Gasteiger partial charge in [0, 0.05) is 33.8 Å². The fourth-order valence-corrected chi connectivity index (χ4v) is 6.78. The minimum atomic E-state index is 0.968. The van der Waals surface area contributed by atoms with Gasteiger partial charge in [0.25, 0.3) is 0 Å². The first-order valence-electron chi connectivity index (χ1n) is 14.1. The maximum Gasteiger partial charge on any atom is 0.0703 e. The maximum absolute atomic E-state index is 4.86. The lowest BCUT2D eigenvalue weighted by Crippen LogP contribution is -1.95. The number of hydrogen-bond acceptors (Lipinski definition) is 1. The molecule has 9 rings (SSSR count). The number of rotatable bonds is 3. The summed E-state index contributed by atoms with van der Waals surface area (Å²) in [6, 6.07) is 50.3. The second-order valence-electron chi connectivity index (χ2n) is 10.8. The van der Waals surface area contributed by atoms with Crippen LogP contribution in [-0.2, 0) is 0 Å². The Balaban J connectivity index is 1.30. The Morgan fingerprint density at radius 1 is 0.415 bits per heavy atom. The molecule has 0 saturated carbocycles. The molecule has 41 heavy (non-hydrogen) atoms. The molecule has 6 aromatic carbocycles. The summed E-state index contributed by atoms with van der Waals surface area (Å²) in [7, 11) is 0. The van der Waals surface area contributed by atoms with E-state index < -0.39 is 0 Å². The van der Waals surface area contributed by atoms with E-state index in [0.29, 0.717) is 0 Å². The monoisotopic (exact) mass is 520 g/mol. The van der Waals surface area contributed by atoms with Crippen LogP contribution in [0, 0.1) is 0 Å². The lowest BCUT2D eigenvalue weighted by Gasteiger charge is -2.14. The Labute approximate surface area is 237 Å². The van der Waals surface area contributed by atoms with E-state index in [1.54, 1.807) is 0 Å². The van der Waals surface area contributed by atoms with Crippen LogP contribution in [0.2, 0.25) is 0 Å². The van der Waals surface area contributed by atoms with E-state index in [-0.39, 0.29) is 0 Å². The van der Waals surface area contributed by atoms with Crippen LogP contribution in [-0.4, -0.2) is 9.55 Å². The summed E-state index contributed by atoms with van der Waals surface area (Å²) in [5, 5.41) is 5.26. The zero-order valence-electron chi connectivity index (χ0n) is 22.3. The van der Waals surface area contributed by atoms with E-state index in [4.69, 9.17) is 4.98 Å². The quantitative estimate of drug-likeness (QED) is 0.227. The van der Waals surface area contributed by atoms with Crippen molar-refractivity contribution >= 4 is 32.6 Å². The lowest BCUT2D eigenvalue weighted by molar-refractivity contribution is 1.18. The molecule has 0 N–H and O–H groups in total. The van der Waals surface area contributed by atoms with E-state index in [1.807, 2.05) is 12.3 Å². The van der Waals surface area contributed by atoms with E-state index in [1.165, 1.54) is 60.4 Å². The molecule has 8 aromatic rings. The van der Waals surface area contributed by atoms with Gasteiger partial charge in [-0.2, -0.15) is 0 Å². The number of benzene rings is 6. The van der Waals surface area contributed by atoms with Crippen molar-refractivity contribution in [2.75, 3.05) is 0 Å². The Bertz CT molecular complexity index is 2290. The average Bonchev–Trinajstić information content (AvgIpc) is 3.33. The first-order valence-corrected chi connectivity index (χ1v) is 14.1. The third-order valence-electron chi connectivity index (χ3n) is 8.58. The van der Waals surface area contributed by atoms with Crippen molar-refractivity contribution in [3.05, 3.63) is 146 Å². The van der Waals surface area contributed by atoms with Crippen molar-refractivity contribution in [3.63, 3.8) is 0 Å². The van der Waals surface area contributed by atoms with Gasteiger partial charge in [0.05, 0.1) is 16.7 Å². The summed E-state index contributed by atoms with van der Waals surface area (Å²) in [6.07, 6.45) is 1.97. The molecule has 2 heterocycles. The summed E-state index contributed by atoms with van der Waals surface area (Å²) in [5.74, 6) is 0. The molecule has 0 saturated heterocycles. The van der Waals surface area contributed by atoms with Crippen LogP contribution in [0.1, 0.15) is 0 Å². The molecule has 0 spiro atoms. The summed E-state index contributed by atoms with van der Waals surface area (Å²) in [4.78, 5) is 4.86. The molecule has 2 aromatic heterocycles. The first-order chi connectivity index (χ1) is 20.3. The van der Waals surface area contributed by atoms with Crippen LogP contribution < -0.4 is 0 Å². The number of hydrogen-bond donors (Lipinski definition) is 0. The number of aromatic nitrogens is 2. The highest BCUT2D eigenvalue weighted by molar-refractivity contribution is 6.30. The minimum Gasteiger partial charge on any atom is -0.309 e. The summed E-state index contributed by atoms with van der Waals surface area (Å²) >= 11 is 0. The Kier molecular flexibility index (Phi) is 4.64. The molecule has 0 bridgehead atoms. The predicted molar refractivity (Wildman–Crippen MR) is 171 cm³/mol. The van der Waals surface area contributed by atoms with Crippen LogP contribution in [0.3, 0.4) is 0 Å². The van der Waals surface area contributed by atoms with Crippen molar-refractivity contribution in [1.82, 2.24) is 9.55 Å². The minimum absolute atomic E-state index is 0.968. The maximum atomic E-state index is 4.86. The Hall–Kier alpha value is -5.47. The van der Waals surface area contributed by atoms with E-state index in [0.717, 1.165) is 22.5 Å². The van der Waals surface area contributed by atoms with Gasteiger partial charge in [-0.25, -0.2) is 0 Å². The molecule has 0 unspecified atom stereocenters. The van der Waals surface area contributed by atoms with Gasteiger partial charge in [0.15, 0.2) is 0 Å². The Morgan fingerprint density at radius 2 is 1.10 bits per heavy atom. The SMILES string of the molecule is c1ccc(-c2ccc(-c3cccc(-n4c5cccc6c5c5c7c(cccc7ccc54)-c4ccccc4-6)c3)nc2)cc1. The smallest absolute Gasteiger partial charge is 0.0703 e. The van der Waals surface area contributed by atoms with Crippen molar-refractivity contribution in [2.45, 2.75) is 0 Å². The van der Waals surface area contributed by atoms with Gasteiger partial charge in [0.2, 0.25) is 0 Å². The van der Waals surface area contributed by atoms with Crippen molar-refractivity contribution in [2.24, 2.45) is 0 Å². The van der Waals surface area contributed by atoms with Gasteiger partial charge in [-0.3, -0.25) is 4.98 Å². The van der Waals surface area contributed by atoms with Gasteiger partial charge < -0.3 is 4.57 Å². The molecule has 0 radical (unpaired) electrons. The van der Waals surface area contributed by atoms with Gasteiger partial charge in [-0.1, -0.05) is 109 Å². The zero-order chi connectivity index (χ0) is 26.9. The highest BCUT2D eigenvalue weighted by Crippen LogP contribution is 2.49. The molecule has 0 atom stereocenters. The van der Waals surface area contributed by atoms with Crippen LogP contribution >= 0.6 is 0 Å². The molecule has 190 valence electrons. The van der Waals surface area contributed by atoms with Crippen LogP contribution in [0.15, 0.2) is 146 Å².